The lowest BCUT2D eigenvalue weighted by Gasteiger charge is -1.95. The highest BCUT2D eigenvalue weighted by Crippen LogP contribution is 2.29. The molecule has 1 N–H and O–H groups in total. The van der Waals surface area contributed by atoms with E-state index < -0.39 is 0 Å². The van der Waals surface area contributed by atoms with E-state index >= 15 is 0 Å². The van der Waals surface area contributed by atoms with Crippen molar-refractivity contribution in [2.24, 2.45) is 5.16 Å². The van der Waals surface area contributed by atoms with E-state index in [9.17, 15) is 0 Å². The minimum atomic E-state index is 0.398. The van der Waals surface area contributed by atoms with Gasteiger partial charge in [0.15, 0.2) is 10.3 Å². The summed E-state index contributed by atoms with van der Waals surface area (Å²) in [5, 5.41) is 12.6. The highest BCUT2D eigenvalue weighted by Gasteiger charge is 2.19. The van der Waals surface area contributed by atoms with Crippen molar-refractivity contribution >= 4 is 29.6 Å². The Morgan fingerprint density at radius 3 is 3.33 bits per heavy atom. The number of hydrogen-bond acceptors (Lipinski definition) is 4. The Morgan fingerprint density at radius 2 is 2.58 bits per heavy atom. The van der Waals surface area contributed by atoms with Crippen LogP contribution in [0.3, 0.4) is 0 Å². The first-order chi connectivity index (χ1) is 5.83. The van der Waals surface area contributed by atoms with Crippen molar-refractivity contribution in [1.29, 1.82) is 0 Å². The minimum Gasteiger partial charge on any atom is -0.411 e. The maximum Gasteiger partial charge on any atom is 0.170 e. The van der Waals surface area contributed by atoms with E-state index in [-0.39, 0.29) is 0 Å². The van der Waals surface area contributed by atoms with Crippen LogP contribution in [0, 0.1) is 0 Å². The highest BCUT2D eigenvalue weighted by atomic mass is 35.5. The van der Waals surface area contributed by atoms with Gasteiger partial charge in [-0.05, 0) is 0 Å². The Kier molecular flexibility index (Phi) is 1.98. The van der Waals surface area contributed by atoms with Crippen molar-refractivity contribution in [2.75, 3.05) is 5.75 Å². The lowest BCUT2D eigenvalue weighted by molar-refractivity contribution is 0.321. The third kappa shape index (κ3) is 1.09. The van der Waals surface area contributed by atoms with Crippen LogP contribution in [-0.4, -0.2) is 26.7 Å². The third-order valence-electron chi connectivity index (χ3n) is 1.65. The van der Waals surface area contributed by atoms with E-state index in [0.717, 1.165) is 17.5 Å². The van der Waals surface area contributed by atoms with Crippen molar-refractivity contribution in [3.05, 3.63) is 10.8 Å². The zero-order chi connectivity index (χ0) is 8.55. The molecule has 0 bridgehead atoms. The summed E-state index contributed by atoms with van der Waals surface area (Å²) in [7, 11) is 0. The predicted octanol–water partition coefficient (Wildman–Crippen LogP) is 1.45. The molecule has 0 fully saturated rings. The monoisotopic (exact) mass is 203 g/mol. The van der Waals surface area contributed by atoms with Crippen LogP contribution in [0.25, 0.3) is 0 Å². The van der Waals surface area contributed by atoms with Gasteiger partial charge in [-0.25, -0.2) is 4.98 Å². The van der Waals surface area contributed by atoms with Gasteiger partial charge in [-0.2, -0.15) is 0 Å². The normalized spacial score (nSPS) is 15.8. The molecule has 2 heterocycles. The smallest absolute Gasteiger partial charge is 0.170 e. The Morgan fingerprint density at radius 1 is 1.75 bits per heavy atom. The maximum atomic E-state index is 8.36. The number of oxime groups is 1. The molecule has 1 aliphatic rings. The molecule has 12 heavy (non-hydrogen) atoms. The van der Waals surface area contributed by atoms with Crippen molar-refractivity contribution in [1.82, 2.24) is 9.55 Å². The summed E-state index contributed by atoms with van der Waals surface area (Å²) in [4.78, 5) is 4.10. The fourth-order valence-corrected chi connectivity index (χ4v) is 2.39. The Labute approximate surface area is 78.2 Å². The van der Waals surface area contributed by atoms with Gasteiger partial charge >= 0.3 is 0 Å². The largest absolute Gasteiger partial charge is 0.411 e. The summed E-state index contributed by atoms with van der Waals surface area (Å²) in [6, 6.07) is 0. The lowest BCUT2D eigenvalue weighted by Crippen LogP contribution is -1.99. The first-order valence-corrected chi connectivity index (χ1v) is 4.75. The molecule has 2 rings (SSSR count). The third-order valence-corrected chi connectivity index (χ3v) is 2.89. The standard InChI is InChI=1S/C6H6ClN3OS/c7-5-4(3-8-11)10-1-2-12-6(10)9-5/h3,11H,1-2H2/b8-3+. The Bertz CT molecular complexity index is 336. The molecular formula is C6H6ClN3OS. The molecule has 1 aromatic heterocycles. The van der Waals surface area contributed by atoms with Crippen LogP contribution in [0.5, 0.6) is 0 Å². The van der Waals surface area contributed by atoms with Gasteiger partial charge in [0.25, 0.3) is 0 Å². The number of hydrogen-bond donors (Lipinski definition) is 1. The SMILES string of the molecule is O/N=C/c1c(Cl)nc2n1CCS2. The number of fused-ring (bicyclic) bond motifs is 1. The first-order valence-electron chi connectivity index (χ1n) is 3.39. The van der Waals surface area contributed by atoms with Gasteiger partial charge in [0.05, 0.1) is 6.21 Å². The molecule has 0 saturated carbocycles. The van der Waals surface area contributed by atoms with Gasteiger partial charge in [-0.15, -0.1) is 0 Å². The van der Waals surface area contributed by atoms with Crippen LogP contribution in [0.1, 0.15) is 5.69 Å². The molecule has 0 radical (unpaired) electrons. The van der Waals surface area contributed by atoms with E-state index in [1.165, 1.54) is 6.21 Å². The summed E-state index contributed by atoms with van der Waals surface area (Å²) in [6.45, 7) is 0.876. The summed E-state index contributed by atoms with van der Waals surface area (Å²) in [6.07, 6.45) is 1.31. The van der Waals surface area contributed by atoms with Crippen LogP contribution in [0.4, 0.5) is 0 Å². The number of nitrogens with zero attached hydrogens (tertiary/aromatic N) is 3. The molecule has 0 amide bonds. The molecule has 1 aliphatic heterocycles. The summed E-state index contributed by atoms with van der Waals surface area (Å²) < 4.78 is 1.94. The molecule has 4 nitrogen and oxygen atoms in total. The lowest BCUT2D eigenvalue weighted by atomic mass is 10.5. The minimum absolute atomic E-state index is 0.398. The molecule has 0 aliphatic carbocycles. The fourth-order valence-electron chi connectivity index (χ4n) is 1.15. The second kappa shape index (κ2) is 2.99. The van der Waals surface area contributed by atoms with Crippen molar-refractivity contribution < 1.29 is 5.21 Å². The van der Waals surface area contributed by atoms with Gasteiger partial charge in [0.2, 0.25) is 0 Å². The number of thioether (sulfide) groups is 1. The topological polar surface area (TPSA) is 50.4 Å². The van der Waals surface area contributed by atoms with E-state index in [1.54, 1.807) is 11.8 Å². The quantitative estimate of drug-likeness (QED) is 0.427. The molecule has 0 saturated heterocycles. The van der Waals surface area contributed by atoms with Gasteiger partial charge in [-0.1, -0.05) is 28.5 Å². The predicted molar refractivity (Wildman–Crippen MR) is 47.3 cm³/mol. The fraction of sp³-hybridized carbons (Fsp3) is 0.333. The number of aromatic nitrogens is 2. The van der Waals surface area contributed by atoms with E-state index in [2.05, 4.69) is 10.1 Å². The molecular weight excluding hydrogens is 198 g/mol. The zero-order valence-corrected chi connectivity index (χ0v) is 7.64. The van der Waals surface area contributed by atoms with E-state index in [4.69, 9.17) is 16.8 Å². The van der Waals surface area contributed by atoms with Crippen molar-refractivity contribution in [3.63, 3.8) is 0 Å². The molecule has 0 unspecified atom stereocenters. The van der Waals surface area contributed by atoms with Crippen LogP contribution in [0.2, 0.25) is 5.15 Å². The van der Waals surface area contributed by atoms with Crippen LogP contribution >= 0.6 is 23.4 Å². The first kappa shape index (κ1) is 7.94. The van der Waals surface area contributed by atoms with Gasteiger partial charge in [0.1, 0.15) is 5.69 Å². The number of imidazole rings is 1. The average molecular weight is 204 g/mol. The van der Waals surface area contributed by atoms with Crippen LogP contribution in [-0.2, 0) is 6.54 Å². The van der Waals surface area contributed by atoms with Crippen molar-refractivity contribution in [3.8, 4) is 0 Å². The van der Waals surface area contributed by atoms with E-state index in [1.807, 2.05) is 4.57 Å². The van der Waals surface area contributed by atoms with Gasteiger partial charge in [0, 0.05) is 12.3 Å². The Hall–Kier alpha value is -0.680. The van der Waals surface area contributed by atoms with Gasteiger partial charge < -0.3 is 9.77 Å². The molecule has 0 spiro atoms. The Balaban J connectivity index is 2.51. The molecule has 1 aromatic rings. The molecule has 0 atom stereocenters. The highest BCUT2D eigenvalue weighted by molar-refractivity contribution is 7.99. The summed E-state index contributed by atoms with van der Waals surface area (Å²) in [5.74, 6) is 1.01. The van der Waals surface area contributed by atoms with Crippen LogP contribution < -0.4 is 0 Å². The zero-order valence-electron chi connectivity index (χ0n) is 6.07. The second-order valence-electron chi connectivity index (χ2n) is 2.32. The number of rotatable bonds is 1. The van der Waals surface area contributed by atoms with Crippen molar-refractivity contribution in [2.45, 2.75) is 11.7 Å². The summed E-state index contributed by atoms with van der Waals surface area (Å²) >= 11 is 7.45. The molecule has 64 valence electrons. The van der Waals surface area contributed by atoms with Gasteiger partial charge in [-0.3, -0.25) is 0 Å². The van der Waals surface area contributed by atoms with E-state index in [0.29, 0.717) is 10.8 Å². The van der Waals surface area contributed by atoms with Crippen LogP contribution in [0.15, 0.2) is 10.3 Å². The second-order valence-corrected chi connectivity index (χ2v) is 3.74. The molecule has 6 heteroatoms. The summed E-state index contributed by atoms with van der Waals surface area (Å²) in [5.41, 5.74) is 0.680. The average Bonchev–Trinajstić information content (AvgIpc) is 2.56. The maximum absolute atomic E-state index is 8.36. The number of halogens is 1. The molecule has 0 aromatic carbocycles.